The predicted octanol–water partition coefficient (Wildman–Crippen LogP) is 3.63. The SMILES string of the molecule is CCOc1ccc(NC(=O)c2ccc(F)c(Br)c2)cn1. The van der Waals surface area contributed by atoms with Crippen molar-refractivity contribution >= 4 is 27.5 Å². The number of nitrogens with zero attached hydrogens (tertiary/aromatic N) is 1. The number of benzene rings is 1. The number of nitrogens with one attached hydrogen (secondary N) is 1. The highest BCUT2D eigenvalue weighted by molar-refractivity contribution is 9.10. The van der Waals surface area contributed by atoms with E-state index in [4.69, 9.17) is 4.74 Å². The van der Waals surface area contributed by atoms with Crippen molar-refractivity contribution in [2.45, 2.75) is 6.92 Å². The summed E-state index contributed by atoms with van der Waals surface area (Å²) in [4.78, 5) is 16.0. The zero-order valence-electron chi connectivity index (χ0n) is 10.7. The number of carbonyl (C=O) groups excluding carboxylic acids is 1. The molecule has 1 amide bonds. The van der Waals surface area contributed by atoms with E-state index in [0.29, 0.717) is 23.7 Å². The number of halogens is 2. The lowest BCUT2D eigenvalue weighted by atomic mass is 10.2. The van der Waals surface area contributed by atoms with Gasteiger partial charge in [-0.3, -0.25) is 4.79 Å². The first-order chi connectivity index (χ1) is 9.60. The second kappa shape index (κ2) is 6.47. The van der Waals surface area contributed by atoms with Crippen molar-refractivity contribution in [3.63, 3.8) is 0 Å². The van der Waals surface area contributed by atoms with E-state index < -0.39 is 5.82 Å². The molecule has 2 rings (SSSR count). The number of carbonyl (C=O) groups is 1. The van der Waals surface area contributed by atoms with Crippen molar-refractivity contribution in [2.24, 2.45) is 0 Å². The van der Waals surface area contributed by atoms with Crippen LogP contribution in [0.1, 0.15) is 17.3 Å². The van der Waals surface area contributed by atoms with Gasteiger partial charge in [0, 0.05) is 11.6 Å². The molecule has 0 radical (unpaired) electrons. The van der Waals surface area contributed by atoms with E-state index in [-0.39, 0.29) is 10.4 Å². The normalized spacial score (nSPS) is 10.2. The van der Waals surface area contributed by atoms with E-state index in [1.165, 1.54) is 24.4 Å². The number of rotatable bonds is 4. The number of anilines is 1. The number of ether oxygens (including phenoxy) is 1. The van der Waals surface area contributed by atoms with Gasteiger partial charge in [-0.2, -0.15) is 0 Å². The van der Waals surface area contributed by atoms with Crippen LogP contribution in [-0.2, 0) is 0 Å². The lowest BCUT2D eigenvalue weighted by molar-refractivity contribution is 0.102. The van der Waals surface area contributed by atoms with Crippen LogP contribution in [0.5, 0.6) is 5.88 Å². The summed E-state index contributed by atoms with van der Waals surface area (Å²) in [7, 11) is 0. The van der Waals surface area contributed by atoms with E-state index in [0.717, 1.165) is 0 Å². The minimum Gasteiger partial charge on any atom is -0.478 e. The minimum absolute atomic E-state index is 0.245. The highest BCUT2D eigenvalue weighted by atomic mass is 79.9. The van der Waals surface area contributed by atoms with E-state index >= 15 is 0 Å². The molecule has 0 aliphatic heterocycles. The number of hydrogen-bond donors (Lipinski definition) is 1. The Morgan fingerprint density at radius 1 is 1.40 bits per heavy atom. The minimum atomic E-state index is -0.413. The Labute approximate surface area is 124 Å². The standard InChI is InChI=1S/C14H12BrFN2O2/c1-2-20-13-6-4-10(8-17-13)18-14(19)9-3-5-12(16)11(15)7-9/h3-8H,2H2,1H3,(H,18,19). The van der Waals surface area contributed by atoms with Gasteiger partial charge in [0.05, 0.1) is 23.0 Å². The third kappa shape index (κ3) is 3.54. The maximum Gasteiger partial charge on any atom is 0.255 e. The molecule has 1 aromatic carbocycles. The summed E-state index contributed by atoms with van der Waals surface area (Å²) in [6.07, 6.45) is 1.50. The van der Waals surface area contributed by atoms with Crippen LogP contribution in [-0.4, -0.2) is 17.5 Å². The summed E-state index contributed by atoms with van der Waals surface area (Å²) in [5.74, 6) is -0.254. The van der Waals surface area contributed by atoms with Crippen LogP contribution in [0.25, 0.3) is 0 Å². The Balaban J connectivity index is 2.08. The second-order valence-corrected chi connectivity index (χ2v) is 4.76. The van der Waals surface area contributed by atoms with E-state index in [1.807, 2.05) is 6.92 Å². The molecule has 104 valence electrons. The third-order valence-electron chi connectivity index (χ3n) is 2.47. The van der Waals surface area contributed by atoms with E-state index in [9.17, 15) is 9.18 Å². The molecule has 6 heteroatoms. The van der Waals surface area contributed by atoms with E-state index in [1.54, 1.807) is 12.1 Å². The van der Waals surface area contributed by atoms with Crippen molar-refractivity contribution in [3.8, 4) is 5.88 Å². The smallest absolute Gasteiger partial charge is 0.255 e. The fourth-order valence-corrected chi connectivity index (χ4v) is 1.91. The number of amides is 1. The van der Waals surface area contributed by atoms with Crippen molar-refractivity contribution in [1.82, 2.24) is 4.98 Å². The maximum absolute atomic E-state index is 13.1. The topological polar surface area (TPSA) is 51.2 Å². The third-order valence-corrected chi connectivity index (χ3v) is 3.08. The first-order valence-corrected chi connectivity index (χ1v) is 6.74. The first-order valence-electron chi connectivity index (χ1n) is 5.95. The Morgan fingerprint density at radius 3 is 2.80 bits per heavy atom. The average Bonchev–Trinajstić information content (AvgIpc) is 2.44. The van der Waals surface area contributed by atoms with Crippen molar-refractivity contribution in [3.05, 3.63) is 52.4 Å². The summed E-state index contributed by atoms with van der Waals surface area (Å²) in [5.41, 5.74) is 0.895. The second-order valence-electron chi connectivity index (χ2n) is 3.90. The molecular formula is C14H12BrFN2O2. The van der Waals surface area contributed by atoms with Crippen LogP contribution in [0.15, 0.2) is 41.0 Å². The van der Waals surface area contributed by atoms with Crippen molar-refractivity contribution in [1.29, 1.82) is 0 Å². The van der Waals surface area contributed by atoms with Crippen molar-refractivity contribution < 1.29 is 13.9 Å². The van der Waals surface area contributed by atoms with Crippen LogP contribution in [0.4, 0.5) is 10.1 Å². The molecular weight excluding hydrogens is 327 g/mol. The zero-order chi connectivity index (χ0) is 14.5. The monoisotopic (exact) mass is 338 g/mol. The molecule has 1 heterocycles. The molecule has 0 aliphatic rings. The Hall–Kier alpha value is -1.95. The van der Waals surface area contributed by atoms with Gasteiger partial charge in [0.1, 0.15) is 5.82 Å². The Bertz CT molecular complexity index is 617. The molecule has 0 bridgehead atoms. The molecule has 20 heavy (non-hydrogen) atoms. The van der Waals surface area contributed by atoms with Crippen LogP contribution in [0.3, 0.4) is 0 Å². The summed E-state index contributed by atoms with van der Waals surface area (Å²) in [6, 6.07) is 7.42. The van der Waals surface area contributed by atoms with Crippen LogP contribution >= 0.6 is 15.9 Å². The quantitative estimate of drug-likeness (QED) is 0.925. The number of pyridine rings is 1. The summed E-state index contributed by atoms with van der Waals surface area (Å²) >= 11 is 3.04. The first kappa shape index (κ1) is 14.5. The number of hydrogen-bond acceptors (Lipinski definition) is 3. The summed E-state index contributed by atoms with van der Waals surface area (Å²) in [6.45, 7) is 2.39. The van der Waals surface area contributed by atoms with Crippen LogP contribution in [0, 0.1) is 5.82 Å². The summed E-state index contributed by atoms with van der Waals surface area (Å²) < 4.78 is 18.6. The molecule has 4 nitrogen and oxygen atoms in total. The van der Waals surface area contributed by atoms with Gasteiger partial charge >= 0.3 is 0 Å². The van der Waals surface area contributed by atoms with Crippen LogP contribution in [0.2, 0.25) is 0 Å². The highest BCUT2D eigenvalue weighted by Crippen LogP contribution is 2.18. The lowest BCUT2D eigenvalue weighted by Gasteiger charge is -2.07. The van der Waals surface area contributed by atoms with Crippen molar-refractivity contribution in [2.75, 3.05) is 11.9 Å². The molecule has 0 atom stereocenters. The average molecular weight is 339 g/mol. The molecule has 1 N–H and O–H groups in total. The Morgan fingerprint density at radius 2 is 2.20 bits per heavy atom. The van der Waals surface area contributed by atoms with Gasteiger partial charge < -0.3 is 10.1 Å². The highest BCUT2D eigenvalue weighted by Gasteiger charge is 2.09. The molecule has 1 aromatic heterocycles. The van der Waals surface area contributed by atoms with Gasteiger partial charge in [0.25, 0.3) is 5.91 Å². The Kier molecular flexibility index (Phi) is 4.68. The molecule has 0 saturated carbocycles. The van der Waals surface area contributed by atoms with Gasteiger partial charge in [-0.15, -0.1) is 0 Å². The maximum atomic E-state index is 13.1. The zero-order valence-corrected chi connectivity index (χ0v) is 12.3. The van der Waals surface area contributed by atoms with Gasteiger partial charge in [0.2, 0.25) is 5.88 Å². The summed E-state index contributed by atoms with van der Waals surface area (Å²) in [5, 5.41) is 2.67. The molecule has 2 aromatic rings. The van der Waals surface area contributed by atoms with Crippen LogP contribution < -0.4 is 10.1 Å². The largest absolute Gasteiger partial charge is 0.478 e. The van der Waals surface area contributed by atoms with Gasteiger partial charge in [-0.1, -0.05) is 0 Å². The molecule has 0 saturated heterocycles. The van der Waals surface area contributed by atoms with Gasteiger partial charge in [-0.25, -0.2) is 9.37 Å². The molecule has 0 aliphatic carbocycles. The fourth-order valence-electron chi connectivity index (χ4n) is 1.53. The molecule has 0 fully saturated rings. The molecule has 0 spiro atoms. The molecule has 0 unspecified atom stereocenters. The predicted molar refractivity (Wildman–Crippen MR) is 77.5 cm³/mol. The van der Waals surface area contributed by atoms with Gasteiger partial charge in [-0.05, 0) is 47.1 Å². The number of aromatic nitrogens is 1. The fraction of sp³-hybridized carbons (Fsp3) is 0.143. The van der Waals surface area contributed by atoms with Gasteiger partial charge in [0.15, 0.2) is 0 Å². The van der Waals surface area contributed by atoms with E-state index in [2.05, 4.69) is 26.2 Å². The lowest BCUT2D eigenvalue weighted by Crippen LogP contribution is -2.12.